The van der Waals surface area contributed by atoms with Crippen LogP contribution in [0, 0.1) is 18.3 Å². The van der Waals surface area contributed by atoms with E-state index in [1.54, 1.807) is 12.1 Å². The first kappa shape index (κ1) is 11.6. The van der Waals surface area contributed by atoms with E-state index < -0.39 is 0 Å². The lowest BCUT2D eigenvalue weighted by Gasteiger charge is -1.90. The SMILES string of the molecule is Cc1c(N)[nH]c2cc(C#N)ccc12.NC=O. The van der Waals surface area contributed by atoms with Crippen LogP contribution in [0.15, 0.2) is 18.2 Å². The van der Waals surface area contributed by atoms with Gasteiger partial charge in [0.15, 0.2) is 0 Å². The molecule has 0 fully saturated rings. The smallest absolute Gasteiger partial charge is 0.204 e. The van der Waals surface area contributed by atoms with Gasteiger partial charge < -0.3 is 16.5 Å². The number of nitrogens with zero attached hydrogens (tertiary/aromatic N) is 1. The van der Waals surface area contributed by atoms with Gasteiger partial charge in [-0.3, -0.25) is 4.79 Å². The third-order valence-electron chi connectivity index (χ3n) is 2.23. The van der Waals surface area contributed by atoms with E-state index in [2.05, 4.69) is 16.8 Å². The number of anilines is 1. The second-order valence-corrected chi connectivity index (χ2v) is 3.17. The van der Waals surface area contributed by atoms with Gasteiger partial charge >= 0.3 is 0 Å². The lowest BCUT2D eigenvalue weighted by Crippen LogP contribution is -1.84. The Morgan fingerprint density at radius 2 is 2.12 bits per heavy atom. The lowest BCUT2D eigenvalue weighted by atomic mass is 10.1. The van der Waals surface area contributed by atoms with Crippen molar-refractivity contribution in [1.29, 1.82) is 5.26 Å². The normalized spacial score (nSPS) is 9.00. The summed E-state index contributed by atoms with van der Waals surface area (Å²) in [5.41, 5.74) is 12.5. The zero-order chi connectivity index (χ0) is 12.1. The number of aromatic nitrogens is 1. The van der Waals surface area contributed by atoms with Gasteiger partial charge in [-0.15, -0.1) is 0 Å². The highest BCUT2D eigenvalue weighted by Gasteiger charge is 2.04. The number of aromatic amines is 1. The highest BCUT2D eigenvalue weighted by molar-refractivity contribution is 5.88. The predicted octanol–water partition coefficient (Wildman–Crippen LogP) is 1.03. The minimum atomic E-state index is 0.250. The fourth-order valence-corrected chi connectivity index (χ4v) is 1.43. The Morgan fingerprint density at radius 3 is 2.69 bits per heavy atom. The Balaban J connectivity index is 0.000000386. The summed E-state index contributed by atoms with van der Waals surface area (Å²) in [5, 5.41) is 9.76. The number of nitrogens with two attached hydrogens (primary N) is 2. The molecule has 5 N–H and O–H groups in total. The minimum absolute atomic E-state index is 0.250. The number of nitrogen functional groups attached to an aromatic ring is 1. The Kier molecular flexibility index (Phi) is 3.51. The number of primary amides is 1. The van der Waals surface area contributed by atoms with Crippen molar-refractivity contribution >= 4 is 23.1 Å². The Bertz CT molecular complexity index is 551. The third-order valence-corrected chi connectivity index (χ3v) is 2.23. The van der Waals surface area contributed by atoms with Gasteiger partial charge in [0.05, 0.1) is 11.6 Å². The van der Waals surface area contributed by atoms with E-state index in [0.29, 0.717) is 11.4 Å². The molecule has 1 heterocycles. The van der Waals surface area contributed by atoms with Crippen molar-refractivity contribution < 1.29 is 4.79 Å². The van der Waals surface area contributed by atoms with Crippen LogP contribution in [0.5, 0.6) is 0 Å². The van der Waals surface area contributed by atoms with E-state index in [0.717, 1.165) is 16.5 Å². The average molecular weight is 216 g/mol. The lowest BCUT2D eigenvalue weighted by molar-refractivity contribution is -0.106. The van der Waals surface area contributed by atoms with Crippen molar-refractivity contribution in [3.05, 3.63) is 29.3 Å². The van der Waals surface area contributed by atoms with E-state index in [1.165, 1.54) is 0 Å². The topological polar surface area (TPSA) is 109 Å². The largest absolute Gasteiger partial charge is 0.385 e. The van der Waals surface area contributed by atoms with Crippen molar-refractivity contribution in [2.75, 3.05) is 5.73 Å². The van der Waals surface area contributed by atoms with Crippen molar-refractivity contribution in [2.45, 2.75) is 6.92 Å². The molecule has 1 aromatic heterocycles. The molecule has 0 unspecified atom stereocenters. The van der Waals surface area contributed by atoms with Crippen LogP contribution in [0.4, 0.5) is 5.82 Å². The van der Waals surface area contributed by atoms with E-state index >= 15 is 0 Å². The molecule has 0 aliphatic rings. The van der Waals surface area contributed by atoms with Crippen molar-refractivity contribution in [2.24, 2.45) is 5.73 Å². The van der Waals surface area contributed by atoms with Gasteiger partial charge in [-0.1, -0.05) is 6.07 Å². The number of hydrogen-bond donors (Lipinski definition) is 3. The molecule has 0 saturated heterocycles. The molecule has 82 valence electrons. The summed E-state index contributed by atoms with van der Waals surface area (Å²) in [4.78, 5) is 11.6. The van der Waals surface area contributed by atoms with Crippen LogP contribution in [-0.2, 0) is 4.79 Å². The fraction of sp³-hybridized carbons (Fsp3) is 0.0909. The summed E-state index contributed by atoms with van der Waals surface area (Å²) in [5.74, 6) is 0.671. The van der Waals surface area contributed by atoms with Gasteiger partial charge in [0.2, 0.25) is 6.41 Å². The summed E-state index contributed by atoms with van der Waals surface area (Å²) in [6.07, 6.45) is 0.250. The van der Waals surface area contributed by atoms with Crippen LogP contribution in [0.25, 0.3) is 10.9 Å². The van der Waals surface area contributed by atoms with Crippen LogP contribution in [0.3, 0.4) is 0 Å². The van der Waals surface area contributed by atoms with Gasteiger partial charge in [0.25, 0.3) is 0 Å². The Hall–Kier alpha value is -2.48. The average Bonchev–Trinajstić information content (AvgIpc) is 2.55. The summed E-state index contributed by atoms with van der Waals surface area (Å²) in [6.45, 7) is 1.96. The zero-order valence-electron chi connectivity index (χ0n) is 8.82. The summed E-state index contributed by atoms with van der Waals surface area (Å²) in [6, 6.07) is 7.60. The molecule has 5 heteroatoms. The molecule has 16 heavy (non-hydrogen) atoms. The van der Waals surface area contributed by atoms with Gasteiger partial charge in [0.1, 0.15) is 5.82 Å². The maximum Gasteiger partial charge on any atom is 0.204 e. The number of carbonyl (C=O) groups is 1. The maximum atomic E-state index is 8.68. The molecule has 1 amide bonds. The first-order valence-electron chi connectivity index (χ1n) is 4.57. The van der Waals surface area contributed by atoms with Crippen molar-refractivity contribution in [1.82, 2.24) is 4.98 Å². The molecule has 0 saturated carbocycles. The van der Waals surface area contributed by atoms with Crippen LogP contribution in [-0.4, -0.2) is 11.4 Å². The molecule has 0 aliphatic carbocycles. The number of fused-ring (bicyclic) bond motifs is 1. The molecular formula is C11H12N4O. The number of aryl methyl sites for hydroxylation is 1. The Morgan fingerprint density at radius 1 is 1.50 bits per heavy atom. The zero-order valence-corrected chi connectivity index (χ0v) is 8.82. The first-order valence-corrected chi connectivity index (χ1v) is 4.57. The molecular weight excluding hydrogens is 204 g/mol. The molecule has 1 aromatic carbocycles. The van der Waals surface area contributed by atoms with Crippen LogP contribution in [0.2, 0.25) is 0 Å². The van der Waals surface area contributed by atoms with E-state index in [1.807, 2.05) is 13.0 Å². The molecule has 0 atom stereocenters. The number of amides is 1. The summed E-state index contributed by atoms with van der Waals surface area (Å²) >= 11 is 0. The number of hydrogen-bond acceptors (Lipinski definition) is 3. The minimum Gasteiger partial charge on any atom is -0.385 e. The molecule has 0 bridgehead atoms. The fourth-order valence-electron chi connectivity index (χ4n) is 1.43. The number of nitrogens with one attached hydrogen (secondary N) is 1. The number of rotatable bonds is 0. The molecule has 0 spiro atoms. The van der Waals surface area contributed by atoms with E-state index in [-0.39, 0.29) is 6.41 Å². The van der Waals surface area contributed by atoms with Crippen LogP contribution >= 0.6 is 0 Å². The van der Waals surface area contributed by atoms with Gasteiger partial charge in [0, 0.05) is 10.9 Å². The maximum absolute atomic E-state index is 8.68. The second-order valence-electron chi connectivity index (χ2n) is 3.17. The highest BCUT2D eigenvalue weighted by Crippen LogP contribution is 2.23. The van der Waals surface area contributed by atoms with Gasteiger partial charge in [-0.25, -0.2) is 0 Å². The summed E-state index contributed by atoms with van der Waals surface area (Å²) in [7, 11) is 0. The van der Waals surface area contributed by atoms with Crippen molar-refractivity contribution in [3.8, 4) is 6.07 Å². The number of benzene rings is 1. The van der Waals surface area contributed by atoms with E-state index in [9.17, 15) is 0 Å². The quantitative estimate of drug-likeness (QED) is 0.572. The molecule has 2 aromatic rings. The Labute approximate surface area is 92.7 Å². The molecule has 2 rings (SSSR count). The summed E-state index contributed by atoms with van der Waals surface area (Å²) < 4.78 is 0. The molecule has 0 aliphatic heterocycles. The molecule has 5 nitrogen and oxygen atoms in total. The van der Waals surface area contributed by atoms with Crippen molar-refractivity contribution in [3.63, 3.8) is 0 Å². The predicted molar refractivity (Wildman–Crippen MR) is 62.4 cm³/mol. The third kappa shape index (κ3) is 2.12. The number of H-pyrrole nitrogens is 1. The monoisotopic (exact) mass is 216 g/mol. The van der Waals surface area contributed by atoms with E-state index in [4.69, 9.17) is 15.8 Å². The van der Waals surface area contributed by atoms with Gasteiger partial charge in [-0.05, 0) is 24.6 Å². The second kappa shape index (κ2) is 4.84. The first-order chi connectivity index (χ1) is 7.63. The number of nitriles is 1. The number of carbonyl (C=O) groups excluding carboxylic acids is 1. The van der Waals surface area contributed by atoms with Gasteiger partial charge in [-0.2, -0.15) is 5.26 Å². The van der Waals surface area contributed by atoms with Crippen LogP contribution in [0.1, 0.15) is 11.1 Å². The van der Waals surface area contributed by atoms with Crippen LogP contribution < -0.4 is 11.5 Å². The standard InChI is InChI=1S/C10H9N3.CH3NO/c1-6-8-3-2-7(5-11)4-9(8)13-10(6)12;2-1-3/h2-4,13H,12H2,1H3;1H,(H2,2,3). The highest BCUT2D eigenvalue weighted by atomic mass is 16.1. The molecule has 0 radical (unpaired) electrons.